The Morgan fingerprint density at radius 1 is 1.06 bits per heavy atom. The molecule has 7 heteroatoms. The Morgan fingerprint density at radius 3 is 2.28 bits per heavy atom. The van der Waals surface area contributed by atoms with Crippen LogP contribution in [0.3, 0.4) is 0 Å². The van der Waals surface area contributed by atoms with E-state index in [2.05, 4.69) is 29.6 Å². The van der Waals surface area contributed by atoms with Gasteiger partial charge in [0.15, 0.2) is 0 Å². The molecule has 0 spiro atoms. The average molecular weight is 496 g/mol. The molecule has 0 aliphatic carbocycles. The molecule has 32 heavy (non-hydrogen) atoms. The maximum absolute atomic E-state index is 13.3. The van der Waals surface area contributed by atoms with E-state index in [1.54, 1.807) is 28.8 Å². The summed E-state index contributed by atoms with van der Waals surface area (Å²) in [5.74, 6) is 0.420. The van der Waals surface area contributed by atoms with Crippen molar-refractivity contribution in [1.29, 1.82) is 0 Å². The van der Waals surface area contributed by atoms with Crippen molar-refractivity contribution in [2.45, 2.75) is 70.5 Å². The van der Waals surface area contributed by atoms with Crippen molar-refractivity contribution in [2.75, 3.05) is 5.75 Å². The topological polar surface area (TPSA) is 49.4 Å². The predicted molar refractivity (Wildman–Crippen MR) is 136 cm³/mol. The third-order valence-corrected chi connectivity index (χ3v) is 6.58. The molecule has 0 saturated heterocycles. The minimum Gasteiger partial charge on any atom is -0.350 e. The van der Waals surface area contributed by atoms with E-state index in [0.29, 0.717) is 35.2 Å². The minimum absolute atomic E-state index is 0.0633. The maximum Gasteiger partial charge on any atom is 0.243 e. The van der Waals surface area contributed by atoms with Crippen molar-refractivity contribution in [3.63, 3.8) is 0 Å². The first-order valence-corrected chi connectivity index (χ1v) is 12.5. The van der Waals surface area contributed by atoms with Crippen LogP contribution in [0.1, 0.15) is 51.7 Å². The lowest BCUT2D eigenvalue weighted by Gasteiger charge is -2.33. The number of hydrogen-bond acceptors (Lipinski definition) is 3. The van der Waals surface area contributed by atoms with Gasteiger partial charge < -0.3 is 10.2 Å². The molecular formula is C25H32Cl2N2O2S. The molecule has 0 heterocycles. The SMILES string of the molecule is CC[C@H](C(=O)NC(C)(C)C)N(Cc1ccc(Cl)c(Cl)c1)C(=O)CCSc1ccc(C)cc1. The normalized spacial score (nSPS) is 12.3. The number of nitrogens with one attached hydrogen (secondary N) is 1. The summed E-state index contributed by atoms with van der Waals surface area (Å²) in [6.07, 6.45) is 0.846. The number of amides is 2. The van der Waals surface area contributed by atoms with Crippen molar-refractivity contribution in [3.05, 3.63) is 63.6 Å². The third-order valence-electron chi connectivity index (χ3n) is 4.83. The zero-order valence-electron chi connectivity index (χ0n) is 19.4. The van der Waals surface area contributed by atoms with E-state index in [-0.39, 0.29) is 17.4 Å². The van der Waals surface area contributed by atoms with Crippen LogP contribution in [0.2, 0.25) is 10.0 Å². The second-order valence-electron chi connectivity index (χ2n) is 8.84. The predicted octanol–water partition coefficient (Wildman–Crippen LogP) is 6.51. The van der Waals surface area contributed by atoms with Crippen LogP contribution >= 0.6 is 35.0 Å². The Labute approximate surface area is 206 Å². The molecule has 0 unspecified atom stereocenters. The molecule has 0 fully saturated rings. The fraction of sp³-hybridized carbons (Fsp3) is 0.440. The first-order chi connectivity index (χ1) is 15.0. The van der Waals surface area contributed by atoms with Gasteiger partial charge in [-0.2, -0.15) is 0 Å². The van der Waals surface area contributed by atoms with Crippen molar-refractivity contribution in [2.24, 2.45) is 0 Å². The van der Waals surface area contributed by atoms with Crippen LogP contribution < -0.4 is 5.32 Å². The molecule has 2 rings (SSSR count). The van der Waals surface area contributed by atoms with Crippen molar-refractivity contribution < 1.29 is 9.59 Å². The van der Waals surface area contributed by atoms with E-state index in [1.165, 1.54) is 5.56 Å². The van der Waals surface area contributed by atoms with Crippen molar-refractivity contribution in [3.8, 4) is 0 Å². The smallest absolute Gasteiger partial charge is 0.243 e. The highest BCUT2D eigenvalue weighted by Gasteiger charge is 2.30. The fourth-order valence-corrected chi connectivity index (χ4v) is 4.40. The van der Waals surface area contributed by atoms with E-state index < -0.39 is 6.04 Å². The number of thioether (sulfide) groups is 1. The Balaban J connectivity index is 2.18. The molecule has 2 amide bonds. The summed E-state index contributed by atoms with van der Waals surface area (Å²) in [5.41, 5.74) is 1.65. The number of hydrogen-bond donors (Lipinski definition) is 1. The van der Waals surface area contributed by atoms with Gasteiger partial charge in [0.25, 0.3) is 0 Å². The summed E-state index contributed by atoms with van der Waals surface area (Å²) in [5, 5.41) is 3.90. The summed E-state index contributed by atoms with van der Waals surface area (Å²) >= 11 is 13.9. The van der Waals surface area contributed by atoms with Crippen LogP contribution in [-0.2, 0) is 16.1 Å². The largest absolute Gasteiger partial charge is 0.350 e. The van der Waals surface area contributed by atoms with Crippen LogP contribution in [0, 0.1) is 6.92 Å². The Morgan fingerprint density at radius 2 is 1.72 bits per heavy atom. The summed E-state index contributed by atoms with van der Waals surface area (Å²) in [4.78, 5) is 29.1. The molecule has 2 aromatic rings. The Kier molecular flexibility index (Phi) is 9.93. The summed E-state index contributed by atoms with van der Waals surface area (Å²) < 4.78 is 0. The van der Waals surface area contributed by atoms with Crippen molar-refractivity contribution >= 4 is 46.8 Å². The molecular weight excluding hydrogens is 463 g/mol. The highest BCUT2D eigenvalue weighted by atomic mass is 35.5. The summed E-state index contributed by atoms with van der Waals surface area (Å²) in [6.45, 7) is 10.1. The summed E-state index contributed by atoms with van der Waals surface area (Å²) in [6, 6.07) is 13.0. The number of benzene rings is 2. The van der Waals surface area contributed by atoms with Gasteiger partial charge in [-0.3, -0.25) is 9.59 Å². The highest BCUT2D eigenvalue weighted by Crippen LogP contribution is 2.25. The average Bonchev–Trinajstić information content (AvgIpc) is 2.70. The second-order valence-corrected chi connectivity index (χ2v) is 10.8. The minimum atomic E-state index is -0.569. The second kappa shape index (κ2) is 12.0. The monoisotopic (exact) mass is 494 g/mol. The number of carbonyl (C=O) groups excluding carboxylic acids is 2. The van der Waals surface area contributed by atoms with Crippen LogP contribution in [0.25, 0.3) is 0 Å². The van der Waals surface area contributed by atoms with Gasteiger partial charge >= 0.3 is 0 Å². The Bertz CT molecular complexity index is 927. The molecule has 0 aliphatic heterocycles. The third kappa shape index (κ3) is 8.34. The van der Waals surface area contributed by atoms with Gasteiger partial charge in [0.1, 0.15) is 6.04 Å². The molecule has 0 saturated carbocycles. The van der Waals surface area contributed by atoms with Crippen LogP contribution in [0.15, 0.2) is 47.4 Å². The Hall–Kier alpha value is -1.69. The zero-order valence-corrected chi connectivity index (χ0v) is 21.7. The number of carbonyl (C=O) groups is 2. The van der Waals surface area contributed by atoms with Crippen LogP contribution in [0.5, 0.6) is 0 Å². The first kappa shape index (κ1) is 26.6. The van der Waals surface area contributed by atoms with E-state index in [9.17, 15) is 9.59 Å². The van der Waals surface area contributed by atoms with E-state index >= 15 is 0 Å². The molecule has 0 aromatic heterocycles. The number of rotatable bonds is 9. The van der Waals surface area contributed by atoms with E-state index in [1.807, 2.05) is 40.7 Å². The first-order valence-electron chi connectivity index (χ1n) is 10.7. The summed E-state index contributed by atoms with van der Waals surface area (Å²) in [7, 11) is 0. The van der Waals surface area contributed by atoms with Gasteiger partial charge in [0, 0.05) is 29.2 Å². The van der Waals surface area contributed by atoms with E-state index in [4.69, 9.17) is 23.2 Å². The zero-order chi connectivity index (χ0) is 23.9. The molecule has 174 valence electrons. The lowest BCUT2D eigenvalue weighted by Crippen LogP contribution is -2.53. The number of halogens is 2. The van der Waals surface area contributed by atoms with Gasteiger partial charge in [-0.05, 0) is 63.9 Å². The lowest BCUT2D eigenvalue weighted by molar-refractivity contribution is -0.141. The molecule has 0 radical (unpaired) electrons. The number of aryl methyl sites for hydroxylation is 1. The standard InChI is InChI=1S/C25H32Cl2N2O2S/c1-6-22(24(31)28-25(3,4)5)29(16-18-9-12-20(26)21(27)15-18)23(30)13-14-32-19-10-7-17(2)8-11-19/h7-12,15,22H,6,13-14,16H2,1-5H3,(H,28,31)/t22-/m1/s1. The molecule has 0 aliphatic rings. The highest BCUT2D eigenvalue weighted by molar-refractivity contribution is 7.99. The number of nitrogens with zero attached hydrogens (tertiary/aromatic N) is 1. The lowest BCUT2D eigenvalue weighted by atomic mass is 10.1. The fourth-order valence-electron chi connectivity index (χ4n) is 3.24. The van der Waals surface area contributed by atoms with Gasteiger partial charge in [0.2, 0.25) is 11.8 Å². The van der Waals surface area contributed by atoms with Gasteiger partial charge in [0.05, 0.1) is 10.0 Å². The van der Waals surface area contributed by atoms with Crippen molar-refractivity contribution in [1.82, 2.24) is 10.2 Å². The van der Waals surface area contributed by atoms with Gasteiger partial charge in [-0.15, -0.1) is 11.8 Å². The van der Waals surface area contributed by atoms with Crippen LogP contribution in [-0.4, -0.2) is 34.0 Å². The van der Waals surface area contributed by atoms with Crippen LogP contribution in [0.4, 0.5) is 0 Å². The van der Waals surface area contributed by atoms with Gasteiger partial charge in [-0.25, -0.2) is 0 Å². The van der Waals surface area contributed by atoms with E-state index in [0.717, 1.165) is 10.5 Å². The quantitative estimate of drug-likeness (QED) is 0.404. The molecule has 0 bridgehead atoms. The van der Waals surface area contributed by atoms with Gasteiger partial charge in [-0.1, -0.05) is 53.9 Å². The molecule has 1 atom stereocenters. The maximum atomic E-state index is 13.3. The molecule has 1 N–H and O–H groups in total. The molecule has 4 nitrogen and oxygen atoms in total. The molecule has 2 aromatic carbocycles.